The Morgan fingerprint density at radius 1 is 1.13 bits per heavy atom. The van der Waals surface area contributed by atoms with Crippen molar-refractivity contribution >= 4 is 39.2 Å². The lowest BCUT2D eigenvalue weighted by Crippen LogP contribution is -2.17. The van der Waals surface area contributed by atoms with Gasteiger partial charge < -0.3 is 14.6 Å². The molecule has 0 bridgehead atoms. The second kappa shape index (κ2) is 10.5. The maximum Gasteiger partial charge on any atom is 0.166 e. The number of nitrogens with zero attached hydrogens (tertiary/aromatic N) is 1. The smallest absolute Gasteiger partial charge is 0.166 e. The van der Waals surface area contributed by atoms with Gasteiger partial charge >= 0.3 is 0 Å². The van der Waals surface area contributed by atoms with E-state index < -0.39 is 11.2 Å². The van der Waals surface area contributed by atoms with Crippen molar-refractivity contribution in [2.75, 3.05) is 23.4 Å². The lowest BCUT2D eigenvalue weighted by molar-refractivity contribution is 0.0988. The van der Waals surface area contributed by atoms with E-state index in [2.05, 4.69) is 10.3 Å². The number of benzene rings is 2. The summed E-state index contributed by atoms with van der Waals surface area (Å²) < 4.78 is 17.8. The Morgan fingerprint density at radius 3 is 2.67 bits per heavy atom. The molecule has 1 atom stereocenters. The molecule has 5 nitrogen and oxygen atoms in total. The number of rotatable bonds is 10. The molecule has 2 aromatic carbocycles. The van der Waals surface area contributed by atoms with Gasteiger partial charge in [0.25, 0.3) is 0 Å². The number of fused-ring (bicyclic) bond motifs is 1. The van der Waals surface area contributed by atoms with Crippen LogP contribution < -0.4 is 10.1 Å². The van der Waals surface area contributed by atoms with Crippen molar-refractivity contribution in [1.82, 2.24) is 4.98 Å². The van der Waals surface area contributed by atoms with E-state index in [0.29, 0.717) is 41.4 Å². The largest absolute Gasteiger partial charge is 0.616 e. The Hall–Kier alpha value is -2.57. The van der Waals surface area contributed by atoms with E-state index in [1.54, 1.807) is 6.20 Å². The molecule has 0 aliphatic heterocycles. The molecular weight excluding hydrogens is 396 g/mol. The zero-order valence-corrected chi connectivity index (χ0v) is 18.6. The van der Waals surface area contributed by atoms with Crippen molar-refractivity contribution in [2.45, 2.75) is 33.6 Å². The zero-order valence-electron chi connectivity index (χ0n) is 17.7. The summed E-state index contributed by atoms with van der Waals surface area (Å²) in [5.74, 6) is 1.83. The average Bonchev–Trinajstić information content (AvgIpc) is 2.75. The molecule has 0 saturated carbocycles. The Bertz CT molecular complexity index is 1020. The molecule has 1 aromatic heterocycles. The Morgan fingerprint density at radius 2 is 1.93 bits per heavy atom. The molecule has 0 radical (unpaired) electrons. The lowest BCUT2D eigenvalue weighted by Gasteiger charge is -2.17. The van der Waals surface area contributed by atoms with Gasteiger partial charge in [-0.3, -0.25) is 9.78 Å². The van der Waals surface area contributed by atoms with Crippen LogP contribution in [-0.4, -0.2) is 33.4 Å². The van der Waals surface area contributed by atoms with Crippen molar-refractivity contribution in [3.8, 4) is 5.75 Å². The van der Waals surface area contributed by atoms with Crippen LogP contribution in [0.5, 0.6) is 5.75 Å². The van der Waals surface area contributed by atoms with Crippen LogP contribution in [0, 0.1) is 6.92 Å². The van der Waals surface area contributed by atoms with Crippen molar-refractivity contribution < 1.29 is 14.1 Å². The molecule has 1 unspecified atom stereocenters. The first-order valence-electron chi connectivity index (χ1n) is 10.3. The molecular formula is C24H28N2O3S. The predicted octanol–water partition coefficient (Wildman–Crippen LogP) is 5.42. The van der Waals surface area contributed by atoms with Crippen LogP contribution in [0.1, 0.15) is 42.6 Å². The van der Waals surface area contributed by atoms with Gasteiger partial charge in [0, 0.05) is 23.7 Å². The molecule has 0 amide bonds. The normalized spacial score (nSPS) is 12.0. The van der Waals surface area contributed by atoms with E-state index in [4.69, 9.17) is 4.74 Å². The fourth-order valence-corrected chi connectivity index (χ4v) is 4.20. The number of pyridine rings is 1. The summed E-state index contributed by atoms with van der Waals surface area (Å²) in [5.41, 5.74) is 4.01. The van der Waals surface area contributed by atoms with Crippen LogP contribution in [0.15, 0.2) is 48.7 Å². The molecule has 0 aliphatic carbocycles. The molecule has 3 aromatic rings. The average molecular weight is 425 g/mol. The quantitative estimate of drug-likeness (QED) is 0.348. The van der Waals surface area contributed by atoms with E-state index in [1.807, 2.05) is 63.2 Å². The van der Waals surface area contributed by atoms with Crippen LogP contribution in [0.4, 0.5) is 11.4 Å². The van der Waals surface area contributed by atoms with E-state index in [9.17, 15) is 9.35 Å². The Balaban J connectivity index is 1.99. The number of carbonyl (C=O) groups excluding carboxylic acids is 1. The van der Waals surface area contributed by atoms with E-state index >= 15 is 0 Å². The summed E-state index contributed by atoms with van der Waals surface area (Å²) in [4.78, 5) is 17.1. The number of anilines is 2. The molecule has 1 N–H and O–H groups in total. The molecule has 0 aliphatic rings. The van der Waals surface area contributed by atoms with Crippen molar-refractivity contribution in [1.29, 1.82) is 0 Å². The van der Waals surface area contributed by atoms with E-state index in [0.717, 1.165) is 28.7 Å². The highest BCUT2D eigenvalue weighted by Crippen LogP contribution is 2.34. The fourth-order valence-electron chi connectivity index (χ4n) is 3.27. The summed E-state index contributed by atoms with van der Waals surface area (Å²) in [7, 11) is 0. The Kier molecular flexibility index (Phi) is 7.71. The minimum Gasteiger partial charge on any atom is -0.616 e. The van der Waals surface area contributed by atoms with Gasteiger partial charge in [-0.15, -0.1) is 0 Å². The number of hydrogen-bond donors (Lipinski definition) is 1. The van der Waals surface area contributed by atoms with Gasteiger partial charge in [0.15, 0.2) is 5.78 Å². The van der Waals surface area contributed by atoms with Crippen LogP contribution >= 0.6 is 0 Å². The molecule has 0 saturated heterocycles. The van der Waals surface area contributed by atoms with E-state index in [1.165, 1.54) is 0 Å². The zero-order chi connectivity index (χ0) is 21.5. The maximum absolute atomic E-state index is 12.6. The van der Waals surface area contributed by atoms with Crippen molar-refractivity contribution in [2.24, 2.45) is 0 Å². The summed E-state index contributed by atoms with van der Waals surface area (Å²) in [6, 6.07) is 13.7. The number of para-hydroxylation sites is 2. The van der Waals surface area contributed by atoms with Gasteiger partial charge in [0.05, 0.1) is 11.3 Å². The summed E-state index contributed by atoms with van der Waals surface area (Å²) >= 11 is -0.875. The fraction of sp³-hybridized carbons (Fsp3) is 0.333. The third-order valence-corrected chi connectivity index (χ3v) is 6.37. The Labute approximate surface area is 181 Å². The molecule has 0 spiro atoms. The number of aromatic nitrogens is 1. The number of carbonyl (C=O) groups is 1. The molecule has 1 heterocycles. The van der Waals surface area contributed by atoms with E-state index in [-0.39, 0.29) is 5.78 Å². The third-order valence-electron chi connectivity index (χ3n) is 4.89. The number of ether oxygens (including phenoxy) is 1. The van der Waals surface area contributed by atoms with Crippen molar-refractivity contribution in [3.05, 3.63) is 59.8 Å². The van der Waals surface area contributed by atoms with Gasteiger partial charge in [-0.1, -0.05) is 55.4 Å². The van der Waals surface area contributed by atoms with Gasteiger partial charge in [-0.05, 0) is 31.0 Å². The second-order valence-corrected chi connectivity index (χ2v) is 8.81. The second-order valence-electron chi connectivity index (χ2n) is 7.11. The number of nitrogens with one attached hydrogen (secondary N) is 1. The summed E-state index contributed by atoms with van der Waals surface area (Å²) in [6.07, 6.45) is 2.91. The van der Waals surface area contributed by atoms with Gasteiger partial charge in [-0.25, -0.2) is 0 Å². The predicted molar refractivity (Wildman–Crippen MR) is 124 cm³/mol. The first kappa shape index (κ1) is 22.1. The van der Waals surface area contributed by atoms with Gasteiger partial charge in [-0.2, -0.15) is 0 Å². The molecule has 0 fully saturated rings. The molecule has 158 valence electrons. The maximum atomic E-state index is 12.6. The van der Waals surface area contributed by atoms with Crippen LogP contribution in [-0.2, 0) is 11.2 Å². The highest BCUT2D eigenvalue weighted by molar-refractivity contribution is 7.91. The van der Waals surface area contributed by atoms with Gasteiger partial charge in [0.1, 0.15) is 29.4 Å². The number of hydrogen-bond acceptors (Lipinski definition) is 5. The molecule has 6 heteroatoms. The monoisotopic (exact) mass is 424 g/mol. The molecule has 30 heavy (non-hydrogen) atoms. The minimum atomic E-state index is -0.875. The van der Waals surface area contributed by atoms with Crippen LogP contribution in [0.25, 0.3) is 10.9 Å². The van der Waals surface area contributed by atoms with Crippen molar-refractivity contribution in [3.63, 3.8) is 0 Å². The summed E-state index contributed by atoms with van der Waals surface area (Å²) in [6.45, 7) is 6.26. The first-order valence-corrected chi connectivity index (χ1v) is 11.8. The SMILES string of the molecule is CCC[S+]([O-])CCOc1cccc2c(Nc3ccccc3C)c(C(=O)CC)cnc12. The van der Waals surface area contributed by atoms with Crippen LogP contribution in [0.3, 0.4) is 0 Å². The lowest BCUT2D eigenvalue weighted by atomic mass is 10.0. The summed E-state index contributed by atoms with van der Waals surface area (Å²) in [5, 5.41) is 4.28. The minimum absolute atomic E-state index is 0.0294. The molecule has 3 rings (SSSR count). The highest BCUT2D eigenvalue weighted by Gasteiger charge is 2.17. The van der Waals surface area contributed by atoms with Gasteiger partial charge in [0.2, 0.25) is 0 Å². The highest BCUT2D eigenvalue weighted by atomic mass is 32.2. The number of aryl methyl sites for hydroxylation is 1. The first-order chi connectivity index (χ1) is 14.5. The third kappa shape index (κ3) is 5.12. The topological polar surface area (TPSA) is 74.3 Å². The number of ketones is 1. The van der Waals surface area contributed by atoms with Crippen LogP contribution in [0.2, 0.25) is 0 Å². The number of Topliss-reactive ketones (excluding diaryl/α,β-unsaturated/α-hetero) is 1. The standard InChI is InChI=1S/C24H28N2O3S/c1-4-14-30(28)15-13-29-22-12-8-10-18-23(26-20-11-7-6-9-17(20)3)19(21(27)5-2)16-25-24(18)22/h6-12,16H,4-5,13-15H2,1-3H3,(H,25,26).